The number of hydrogen-bond acceptors (Lipinski definition) is 3. The Labute approximate surface area is 97.2 Å². The molecule has 3 nitrogen and oxygen atoms in total. The first-order chi connectivity index (χ1) is 7.81. The summed E-state index contributed by atoms with van der Waals surface area (Å²) in [5, 5.41) is 3.55. The predicted molar refractivity (Wildman–Crippen MR) is 65.8 cm³/mol. The van der Waals surface area contributed by atoms with Gasteiger partial charge in [-0.15, -0.1) is 0 Å². The second-order valence-electron chi connectivity index (χ2n) is 4.52. The van der Waals surface area contributed by atoms with Crippen molar-refractivity contribution in [1.82, 2.24) is 4.98 Å². The highest BCUT2D eigenvalue weighted by Gasteiger charge is 2.24. The van der Waals surface area contributed by atoms with Gasteiger partial charge in [0, 0.05) is 24.0 Å². The average Bonchev–Trinajstić information content (AvgIpc) is 3.12. The molecule has 0 aromatic carbocycles. The lowest BCUT2D eigenvalue weighted by molar-refractivity contribution is 0.398. The first-order valence-electron chi connectivity index (χ1n) is 6.08. The van der Waals surface area contributed by atoms with Gasteiger partial charge in [0.2, 0.25) is 5.88 Å². The van der Waals surface area contributed by atoms with Crippen molar-refractivity contribution in [2.45, 2.75) is 38.6 Å². The Hall–Kier alpha value is -1.25. The minimum atomic E-state index is 0.583. The van der Waals surface area contributed by atoms with E-state index in [0.717, 1.165) is 11.6 Å². The summed E-state index contributed by atoms with van der Waals surface area (Å²) in [4.78, 5) is 4.10. The van der Waals surface area contributed by atoms with Crippen LogP contribution >= 0.6 is 0 Å². The SMILES string of the molecule is CCC(CC1CC1)Nc1ccnc(OC)c1. The van der Waals surface area contributed by atoms with Crippen LogP contribution in [0.25, 0.3) is 0 Å². The molecule has 1 fully saturated rings. The van der Waals surface area contributed by atoms with E-state index < -0.39 is 0 Å². The Morgan fingerprint density at radius 1 is 1.56 bits per heavy atom. The van der Waals surface area contributed by atoms with Crippen LogP contribution in [0.1, 0.15) is 32.6 Å². The van der Waals surface area contributed by atoms with E-state index >= 15 is 0 Å². The van der Waals surface area contributed by atoms with Gasteiger partial charge in [-0.1, -0.05) is 19.8 Å². The number of methoxy groups -OCH3 is 1. The van der Waals surface area contributed by atoms with Crippen LogP contribution in [0.5, 0.6) is 5.88 Å². The van der Waals surface area contributed by atoms with Gasteiger partial charge >= 0.3 is 0 Å². The summed E-state index contributed by atoms with van der Waals surface area (Å²) in [5.74, 6) is 1.63. The van der Waals surface area contributed by atoms with E-state index in [1.165, 1.54) is 25.7 Å². The average molecular weight is 220 g/mol. The second kappa shape index (κ2) is 5.19. The summed E-state index contributed by atoms with van der Waals surface area (Å²) in [6.45, 7) is 2.23. The second-order valence-corrected chi connectivity index (χ2v) is 4.52. The van der Waals surface area contributed by atoms with Crippen LogP contribution < -0.4 is 10.1 Å². The Balaban J connectivity index is 1.94. The molecule has 2 rings (SSSR count). The quantitative estimate of drug-likeness (QED) is 0.800. The minimum Gasteiger partial charge on any atom is -0.481 e. The van der Waals surface area contributed by atoms with Crippen LogP contribution in [0.2, 0.25) is 0 Å². The van der Waals surface area contributed by atoms with Gasteiger partial charge in [-0.2, -0.15) is 0 Å². The van der Waals surface area contributed by atoms with E-state index in [2.05, 4.69) is 17.2 Å². The van der Waals surface area contributed by atoms with Gasteiger partial charge in [0.05, 0.1) is 7.11 Å². The number of aromatic nitrogens is 1. The molecule has 0 amide bonds. The van der Waals surface area contributed by atoms with Gasteiger partial charge in [-0.05, 0) is 24.8 Å². The van der Waals surface area contributed by atoms with Crippen LogP contribution in [0, 0.1) is 5.92 Å². The van der Waals surface area contributed by atoms with E-state index in [4.69, 9.17) is 4.74 Å². The summed E-state index contributed by atoms with van der Waals surface area (Å²) in [6.07, 6.45) is 7.07. The fourth-order valence-corrected chi connectivity index (χ4v) is 1.93. The first-order valence-corrected chi connectivity index (χ1v) is 6.08. The molecule has 1 N–H and O–H groups in total. The number of hydrogen-bond donors (Lipinski definition) is 1. The van der Waals surface area contributed by atoms with E-state index in [9.17, 15) is 0 Å². The van der Waals surface area contributed by atoms with Crippen molar-refractivity contribution in [3.8, 4) is 5.88 Å². The summed E-state index contributed by atoms with van der Waals surface area (Å²) in [5.41, 5.74) is 1.11. The molecule has 0 aliphatic heterocycles. The topological polar surface area (TPSA) is 34.2 Å². The van der Waals surface area contributed by atoms with Crippen LogP contribution in [0.3, 0.4) is 0 Å². The zero-order valence-corrected chi connectivity index (χ0v) is 10.1. The number of nitrogens with zero attached hydrogens (tertiary/aromatic N) is 1. The fraction of sp³-hybridized carbons (Fsp3) is 0.615. The Bertz CT molecular complexity index is 336. The van der Waals surface area contributed by atoms with Gasteiger partial charge in [0.25, 0.3) is 0 Å². The number of pyridine rings is 1. The molecule has 1 saturated carbocycles. The molecule has 1 aromatic heterocycles. The molecule has 1 unspecified atom stereocenters. The molecule has 88 valence electrons. The van der Waals surface area contributed by atoms with E-state index in [0.29, 0.717) is 11.9 Å². The third-order valence-corrected chi connectivity index (χ3v) is 3.12. The summed E-state index contributed by atoms with van der Waals surface area (Å²) in [7, 11) is 1.65. The zero-order valence-electron chi connectivity index (χ0n) is 10.1. The lowest BCUT2D eigenvalue weighted by Gasteiger charge is -2.18. The summed E-state index contributed by atoms with van der Waals surface area (Å²) < 4.78 is 5.11. The number of rotatable bonds is 6. The molecular weight excluding hydrogens is 200 g/mol. The highest BCUT2D eigenvalue weighted by atomic mass is 16.5. The van der Waals surface area contributed by atoms with Gasteiger partial charge in [0.1, 0.15) is 0 Å². The fourth-order valence-electron chi connectivity index (χ4n) is 1.93. The van der Waals surface area contributed by atoms with Crippen molar-refractivity contribution in [2.24, 2.45) is 5.92 Å². The monoisotopic (exact) mass is 220 g/mol. The third-order valence-electron chi connectivity index (χ3n) is 3.12. The lowest BCUT2D eigenvalue weighted by atomic mass is 10.1. The Kier molecular flexibility index (Phi) is 3.65. The molecule has 16 heavy (non-hydrogen) atoms. The predicted octanol–water partition coefficient (Wildman–Crippen LogP) is 3.08. The van der Waals surface area contributed by atoms with Crippen LogP contribution in [0.4, 0.5) is 5.69 Å². The highest BCUT2D eigenvalue weighted by molar-refractivity contribution is 5.45. The highest BCUT2D eigenvalue weighted by Crippen LogP contribution is 2.34. The van der Waals surface area contributed by atoms with Crippen LogP contribution in [-0.2, 0) is 0 Å². The molecular formula is C13H20N2O. The number of nitrogens with one attached hydrogen (secondary N) is 1. The maximum atomic E-state index is 5.11. The van der Waals surface area contributed by atoms with Crippen molar-refractivity contribution in [3.63, 3.8) is 0 Å². The summed E-state index contributed by atoms with van der Waals surface area (Å²) in [6, 6.07) is 4.53. The lowest BCUT2D eigenvalue weighted by Crippen LogP contribution is -2.19. The molecule has 1 aromatic rings. The molecule has 1 heterocycles. The maximum Gasteiger partial charge on any atom is 0.214 e. The zero-order chi connectivity index (χ0) is 11.4. The molecule has 0 radical (unpaired) electrons. The number of anilines is 1. The van der Waals surface area contributed by atoms with Crippen molar-refractivity contribution in [3.05, 3.63) is 18.3 Å². The standard InChI is InChI=1S/C13H20N2O/c1-3-11(8-10-4-5-10)15-12-6-7-14-13(9-12)16-2/h6-7,9-11H,3-5,8H2,1-2H3,(H,14,15). The van der Waals surface area contributed by atoms with Crippen molar-refractivity contribution in [1.29, 1.82) is 0 Å². The van der Waals surface area contributed by atoms with Crippen molar-refractivity contribution < 1.29 is 4.74 Å². The molecule has 1 aliphatic rings. The largest absolute Gasteiger partial charge is 0.481 e. The van der Waals surface area contributed by atoms with Crippen LogP contribution in [0.15, 0.2) is 18.3 Å². The van der Waals surface area contributed by atoms with Crippen LogP contribution in [-0.4, -0.2) is 18.1 Å². The van der Waals surface area contributed by atoms with Gasteiger partial charge in [-0.3, -0.25) is 0 Å². The molecule has 0 saturated heterocycles. The van der Waals surface area contributed by atoms with Crippen molar-refractivity contribution in [2.75, 3.05) is 12.4 Å². The van der Waals surface area contributed by atoms with E-state index in [1.54, 1.807) is 13.3 Å². The molecule has 3 heteroatoms. The minimum absolute atomic E-state index is 0.583. The molecule has 0 bridgehead atoms. The Morgan fingerprint density at radius 3 is 3.00 bits per heavy atom. The molecule has 1 aliphatic carbocycles. The maximum absolute atomic E-state index is 5.11. The number of ether oxygens (including phenoxy) is 1. The first kappa shape index (κ1) is 11.2. The van der Waals surface area contributed by atoms with E-state index in [-0.39, 0.29) is 0 Å². The smallest absolute Gasteiger partial charge is 0.214 e. The molecule has 1 atom stereocenters. The van der Waals surface area contributed by atoms with E-state index in [1.807, 2.05) is 12.1 Å². The van der Waals surface area contributed by atoms with Gasteiger partial charge < -0.3 is 10.1 Å². The van der Waals surface area contributed by atoms with Gasteiger partial charge in [0.15, 0.2) is 0 Å². The Morgan fingerprint density at radius 2 is 2.38 bits per heavy atom. The van der Waals surface area contributed by atoms with Gasteiger partial charge in [-0.25, -0.2) is 4.98 Å². The summed E-state index contributed by atoms with van der Waals surface area (Å²) >= 11 is 0. The van der Waals surface area contributed by atoms with Crippen molar-refractivity contribution >= 4 is 5.69 Å². The normalized spacial score (nSPS) is 16.9. The third kappa shape index (κ3) is 3.12. The molecule has 0 spiro atoms.